The van der Waals surface area contributed by atoms with Crippen LogP contribution in [0, 0.1) is 6.57 Å². The van der Waals surface area contributed by atoms with E-state index in [-0.39, 0.29) is 0 Å². The van der Waals surface area contributed by atoms with Gasteiger partial charge in [0.1, 0.15) is 5.58 Å². The Labute approximate surface area is 412 Å². The molecule has 15 aromatic rings. The van der Waals surface area contributed by atoms with Gasteiger partial charge < -0.3 is 18.1 Å². The number of benzene rings is 10. The van der Waals surface area contributed by atoms with Crippen molar-refractivity contribution in [1.82, 2.24) is 23.7 Å². The molecule has 0 saturated carbocycles. The van der Waals surface area contributed by atoms with Gasteiger partial charge in [0, 0.05) is 54.4 Å². The number of para-hydroxylation sites is 7. The van der Waals surface area contributed by atoms with Crippen molar-refractivity contribution >= 4 is 93.0 Å². The monoisotopic (exact) mass is 918 g/mol. The fourth-order valence-electron chi connectivity index (χ4n) is 11.5. The van der Waals surface area contributed by atoms with Crippen LogP contribution in [0.25, 0.3) is 143 Å². The summed E-state index contributed by atoms with van der Waals surface area (Å²) in [6, 6.07) is 80.1. The third kappa shape index (κ3) is 5.66. The van der Waals surface area contributed by atoms with Crippen molar-refractivity contribution in [2.75, 3.05) is 0 Å². The number of aromatic nitrogens is 5. The van der Waals surface area contributed by atoms with Gasteiger partial charge in [-0.05, 0) is 48.5 Å². The largest absolute Gasteiger partial charge is 0.454 e. The molecule has 0 N–H and O–H groups in total. The zero-order valence-electron chi connectivity index (χ0n) is 38.5. The Morgan fingerprint density at radius 2 is 0.736 bits per heavy atom. The number of nitrogens with zero attached hydrogens (tertiary/aromatic N) is 6. The van der Waals surface area contributed by atoms with Crippen molar-refractivity contribution in [2.45, 2.75) is 0 Å². The van der Waals surface area contributed by atoms with Crippen molar-refractivity contribution in [3.63, 3.8) is 0 Å². The van der Waals surface area contributed by atoms with Gasteiger partial charge in [0.05, 0.1) is 73.5 Å². The maximum absolute atomic E-state index is 9.64. The zero-order chi connectivity index (χ0) is 47.4. The molecule has 7 heteroatoms. The second-order valence-electron chi connectivity index (χ2n) is 18.3. The van der Waals surface area contributed by atoms with Crippen LogP contribution in [-0.2, 0) is 0 Å². The van der Waals surface area contributed by atoms with Crippen molar-refractivity contribution in [3.8, 4) is 51.0 Å². The number of hydrogen-bond donors (Lipinski definition) is 0. The minimum absolute atomic E-state index is 0.456. The Hall–Kier alpha value is -10.0. The predicted molar refractivity (Wildman–Crippen MR) is 295 cm³/mol. The van der Waals surface area contributed by atoms with Crippen LogP contribution in [-0.4, -0.2) is 23.7 Å². The van der Waals surface area contributed by atoms with E-state index in [1.807, 2.05) is 48.5 Å². The second kappa shape index (κ2) is 15.5. The van der Waals surface area contributed by atoms with Gasteiger partial charge in [0.25, 0.3) is 0 Å². The SMILES string of the molecule is [C-]#[N+]c1c(-n2c3ccccc3c3ccccc32)c(-n2c3ccccc3c3ccccc32)c2c(oc3c(-c4cc(-c5ccccc5)nc(-c5ccccc5)n4)cccc32)c1-n1c2ccccc2c2ccccc21. The van der Waals surface area contributed by atoms with Crippen LogP contribution < -0.4 is 0 Å². The molecule has 0 radical (unpaired) electrons. The smallest absolute Gasteiger partial charge is 0.239 e. The van der Waals surface area contributed by atoms with Gasteiger partial charge in [-0.15, -0.1) is 0 Å². The molecule has 0 saturated heterocycles. The highest BCUT2D eigenvalue weighted by molar-refractivity contribution is 6.24. The van der Waals surface area contributed by atoms with Crippen molar-refractivity contribution in [2.24, 2.45) is 0 Å². The summed E-state index contributed by atoms with van der Waals surface area (Å²) in [4.78, 5) is 15.3. The average molecular weight is 919 g/mol. The number of hydrogen-bond acceptors (Lipinski definition) is 3. The highest BCUT2D eigenvalue weighted by Crippen LogP contribution is 2.53. The van der Waals surface area contributed by atoms with Crippen molar-refractivity contribution < 1.29 is 4.42 Å². The Morgan fingerprint density at radius 3 is 1.21 bits per heavy atom. The molecule has 0 unspecified atom stereocenters. The first kappa shape index (κ1) is 39.9. The summed E-state index contributed by atoms with van der Waals surface area (Å²) in [5.41, 5.74) is 14.2. The maximum atomic E-state index is 9.64. The fraction of sp³-hybridized carbons (Fsp3) is 0. The molecule has 5 aromatic heterocycles. The van der Waals surface area contributed by atoms with E-state index >= 15 is 0 Å². The van der Waals surface area contributed by atoms with Gasteiger partial charge in [-0.3, -0.25) is 0 Å². The second-order valence-corrected chi connectivity index (χ2v) is 18.3. The van der Waals surface area contributed by atoms with Crippen LogP contribution in [0.15, 0.2) is 235 Å². The molecule has 0 aliphatic carbocycles. The van der Waals surface area contributed by atoms with Crippen LogP contribution in [0.4, 0.5) is 5.69 Å². The van der Waals surface area contributed by atoms with E-state index in [2.05, 4.69) is 196 Å². The molecule has 72 heavy (non-hydrogen) atoms. The summed E-state index contributed by atoms with van der Waals surface area (Å²) >= 11 is 0. The molecule has 0 aliphatic rings. The number of furan rings is 1. The van der Waals surface area contributed by atoms with E-state index in [1.165, 1.54) is 0 Å². The summed E-state index contributed by atoms with van der Waals surface area (Å²) in [7, 11) is 0. The first-order chi connectivity index (χ1) is 35.7. The normalized spacial score (nSPS) is 11.9. The summed E-state index contributed by atoms with van der Waals surface area (Å²) < 4.78 is 14.7. The van der Waals surface area contributed by atoms with E-state index in [9.17, 15) is 6.57 Å². The molecule has 334 valence electrons. The quantitative estimate of drug-likeness (QED) is 0.156. The molecule has 0 atom stereocenters. The molecule has 0 aliphatic heterocycles. The minimum Gasteiger partial charge on any atom is -0.454 e. The lowest BCUT2D eigenvalue weighted by Gasteiger charge is -2.23. The standard InChI is InChI=1S/C65H38N6O/c1-66-59-61(70-54-35-16-10-27-44(54)45-28-11-17-36-55(45)70)60(69-52-33-14-8-25-42(52)43-26-9-15-34-53(43)69)58-49-32-20-31-48(51-39-50(40-21-4-2-5-22-40)67-65(68-51)41-23-6-3-7-24-41)63(49)72-64(58)62(59)71-56-37-18-12-29-46(56)47-30-13-19-38-57(47)71/h2-39H. The molecule has 0 fully saturated rings. The average Bonchev–Trinajstić information content (AvgIpc) is 4.20. The predicted octanol–water partition coefficient (Wildman–Crippen LogP) is 17.2. The van der Waals surface area contributed by atoms with Gasteiger partial charge in [-0.25, -0.2) is 14.8 Å². The van der Waals surface area contributed by atoms with Crippen molar-refractivity contribution in [3.05, 3.63) is 242 Å². The van der Waals surface area contributed by atoms with Crippen LogP contribution in [0.1, 0.15) is 0 Å². The molecule has 7 nitrogen and oxygen atoms in total. The molecule has 0 amide bonds. The molecule has 0 bridgehead atoms. The lowest BCUT2D eigenvalue weighted by Crippen LogP contribution is -2.07. The third-order valence-electron chi connectivity index (χ3n) is 14.5. The fourth-order valence-corrected chi connectivity index (χ4v) is 11.5. The summed E-state index contributed by atoms with van der Waals surface area (Å²) in [5, 5.41) is 8.36. The Morgan fingerprint density at radius 1 is 0.347 bits per heavy atom. The molecule has 10 aromatic carbocycles. The molecular weight excluding hydrogens is 881 g/mol. The Kier molecular flexibility index (Phi) is 8.59. The van der Waals surface area contributed by atoms with E-state index in [0.717, 1.165) is 116 Å². The maximum Gasteiger partial charge on any atom is 0.239 e. The molecule has 5 heterocycles. The first-order valence-electron chi connectivity index (χ1n) is 24.1. The van der Waals surface area contributed by atoms with E-state index in [0.29, 0.717) is 28.4 Å². The lowest BCUT2D eigenvalue weighted by molar-refractivity contribution is 0.667. The summed E-state index contributed by atoms with van der Waals surface area (Å²) in [6.45, 7) is 9.64. The first-order valence-corrected chi connectivity index (χ1v) is 24.1. The van der Waals surface area contributed by atoms with Gasteiger partial charge in [0.2, 0.25) is 5.69 Å². The minimum atomic E-state index is 0.456. The zero-order valence-corrected chi connectivity index (χ0v) is 38.5. The summed E-state index contributed by atoms with van der Waals surface area (Å²) in [5.74, 6) is 0.612. The molecule has 0 spiro atoms. The number of rotatable bonds is 6. The van der Waals surface area contributed by atoms with Gasteiger partial charge in [-0.2, -0.15) is 0 Å². The number of fused-ring (bicyclic) bond motifs is 12. The Bertz CT molecular complexity index is 4540. The van der Waals surface area contributed by atoms with Gasteiger partial charge in [-0.1, -0.05) is 182 Å². The van der Waals surface area contributed by atoms with Gasteiger partial charge in [0.15, 0.2) is 11.4 Å². The van der Waals surface area contributed by atoms with E-state index < -0.39 is 0 Å². The van der Waals surface area contributed by atoms with Crippen molar-refractivity contribution in [1.29, 1.82) is 0 Å². The van der Waals surface area contributed by atoms with Crippen LogP contribution in [0.3, 0.4) is 0 Å². The molecular formula is C65H38N6O. The highest BCUT2D eigenvalue weighted by atomic mass is 16.3. The summed E-state index contributed by atoms with van der Waals surface area (Å²) in [6.07, 6.45) is 0. The van der Waals surface area contributed by atoms with Crippen LogP contribution >= 0.6 is 0 Å². The molecule has 15 rings (SSSR count). The van der Waals surface area contributed by atoms with E-state index in [1.54, 1.807) is 0 Å². The van der Waals surface area contributed by atoms with Gasteiger partial charge >= 0.3 is 0 Å². The third-order valence-corrected chi connectivity index (χ3v) is 14.5. The Balaban J connectivity index is 1.20. The van der Waals surface area contributed by atoms with Crippen LogP contribution in [0.2, 0.25) is 0 Å². The topological polar surface area (TPSA) is 58.1 Å². The van der Waals surface area contributed by atoms with E-state index in [4.69, 9.17) is 19.2 Å². The van der Waals surface area contributed by atoms with Crippen LogP contribution in [0.5, 0.6) is 0 Å². The lowest BCUT2D eigenvalue weighted by atomic mass is 10.0. The highest BCUT2D eigenvalue weighted by Gasteiger charge is 2.33.